The van der Waals surface area contributed by atoms with Crippen LogP contribution in [0, 0.1) is 6.92 Å². The van der Waals surface area contributed by atoms with E-state index in [2.05, 4.69) is 4.72 Å². The summed E-state index contributed by atoms with van der Waals surface area (Å²) >= 11 is 0. The van der Waals surface area contributed by atoms with Crippen LogP contribution in [0.4, 0.5) is 18.9 Å². The molecule has 1 aromatic rings. The largest absolute Gasteiger partial charge is 0.398 e. The fourth-order valence-electron chi connectivity index (χ4n) is 1.65. The zero-order valence-electron chi connectivity index (χ0n) is 11.0. The third-order valence-corrected chi connectivity index (χ3v) is 4.17. The van der Waals surface area contributed by atoms with Gasteiger partial charge >= 0.3 is 6.18 Å². The number of anilines is 1. The minimum absolute atomic E-state index is 0.0499. The molecule has 1 aromatic carbocycles. The van der Waals surface area contributed by atoms with Gasteiger partial charge in [0.15, 0.2) is 0 Å². The van der Waals surface area contributed by atoms with Gasteiger partial charge in [-0.25, -0.2) is 13.1 Å². The lowest BCUT2D eigenvalue weighted by atomic mass is 10.2. The van der Waals surface area contributed by atoms with E-state index in [-0.39, 0.29) is 30.0 Å². The van der Waals surface area contributed by atoms with E-state index in [0.717, 1.165) is 5.56 Å². The number of hydrogen-bond donors (Lipinski definition) is 2. The number of nitrogens with one attached hydrogen (secondary N) is 1. The summed E-state index contributed by atoms with van der Waals surface area (Å²) in [6, 6.07) is 4.51. The first kappa shape index (κ1) is 16.8. The summed E-state index contributed by atoms with van der Waals surface area (Å²) in [5.74, 6) is 0. The molecule has 0 aromatic heterocycles. The van der Waals surface area contributed by atoms with Gasteiger partial charge < -0.3 is 5.73 Å². The molecule has 0 aliphatic heterocycles. The second-order valence-corrected chi connectivity index (χ2v) is 6.25. The molecule has 4 nitrogen and oxygen atoms in total. The van der Waals surface area contributed by atoms with Gasteiger partial charge in [-0.2, -0.15) is 13.2 Å². The summed E-state index contributed by atoms with van der Waals surface area (Å²) in [6.45, 7) is 1.73. The summed E-state index contributed by atoms with van der Waals surface area (Å²) in [5.41, 5.74) is 6.57. The van der Waals surface area contributed by atoms with Crippen molar-refractivity contribution in [1.82, 2.24) is 4.72 Å². The summed E-state index contributed by atoms with van der Waals surface area (Å²) in [5, 5.41) is 0. The van der Waals surface area contributed by atoms with Crippen LogP contribution in [-0.4, -0.2) is 21.1 Å². The number of unbranched alkanes of at least 4 members (excludes halogenated alkanes) is 1. The minimum Gasteiger partial charge on any atom is -0.398 e. The van der Waals surface area contributed by atoms with E-state index < -0.39 is 22.6 Å². The number of benzene rings is 1. The Hall–Kier alpha value is -1.28. The SMILES string of the molecule is Cc1ccc(S(=O)(=O)NCCCCC(F)(F)F)c(N)c1. The van der Waals surface area contributed by atoms with Gasteiger partial charge in [-0.05, 0) is 37.5 Å². The van der Waals surface area contributed by atoms with Crippen LogP contribution in [-0.2, 0) is 10.0 Å². The highest BCUT2D eigenvalue weighted by molar-refractivity contribution is 7.89. The van der Waals surface area contributed by atoms with Gasteiger partial charge in [0.25, 0.3) is 0 Å². The Morgan fingerprint density at radius 1 is 1.25 bits per heavy atom. The fraction of sp³-hybridized carbons (Fsp3) is 0.500. The van der Waals surface area contributed by atoms with Crippen molar-refractivity contribution in [2.24, 2.45) is 0 Å². The highest BCUT2D eigenvalue weighted by atomic mass is 32.2. The van der Waals surface area contributed by atoms with Crippen molar-refractivity contribution in [3.05, 3.63) is 23.8 Å². The Morgan fingerprint density at radius 3 is 2.45 bits per heavy atom. The monoisotopic (exact) mass is 310 g/mol. The molecule has 20 heavy (non-hydrogen) atoms. The smallest absolute Gasteiger partial charge is 0.389 e. The van der Waals surface area contributed by atoms with Crippen molar-refractivity contribution >= 4 is 15.7 Å². The Kier molecular flexibility index (Phi) is 5.41. The standard InChI is InChI=1S/C12H17F3N2O2S/c1-9-4-5-11(10(16)8-9)20(18,19)17-7-3-2-6-12(13,14)15/h4-5,8,17H,2-3,6-7,16H2,1H3. The number of nitrogen functional groups attached to an aromatic ring is 1. The summed E-state index contributed by atoms with van der Waals surface area (Å²) in [7, 11) is -3.78. The average Bonchev–Trinajstić information content (AvgIpc) is 2.26. The van der Waals surface area contributed by atoms with E-state index in [4.69, 9.17) is 5.73 Å². The van der Waals surface area contributed by atoms with Crippen LogP contribution >= 0.6 is 0 Å². The molecule has 0 saturated heterocycles. The molecular weight excluding hydrogens is 293 g/mol. The van der Waals surface area contributed by atoms with Gasteiger partial charge in [0.2, 0.25) is 10.0 Å². The van der Waals surface area contributed by atoms with E-state index in [9.17, 15) is 21.6 Å². The first-order chi connectivity index (χ1) is 9.12. The Bertz CT molecular complexity index is 556. The second kappa shape index (κ2) is 6.45. The predicted octanol–water partition coefficient (Wildman–Crippen LogP) is 2.59. The molecule has 0 radical (unpaired) electrons. The molecule has 0 bridgehead atoms. The van der Waals surface area contributed by atoms with E-state index in [1.807, 2.05) is 0 Å². The van der Waals surface area contributed by atoms with E-state index in [1.165, 1.54) is 12.1 Å². The zero-order valence-corrected chi connectivity index (χ0v) is 11.8. The molecule has 1 rings (SSSR count). The number of sulfonamides is 1. The molecule has 0 spiro atoms. The molecular formula is C12H17F3N2O2S. The second-order valence-electron chi connectivity index (χ2n) is 4.51. The van der Waals surface area contributed by atoms with Crippen LogP contribution in [0.15, 0.2) is 23.1 Å². The first-order valence-electron chi connectivity index (χ1n) is 6.04. The van der Waals surface area contributed by atoms with Crippen LogP contribution in [0.2, 0.25) is 0 Å². The van der Waals surface area contributed by atoms with Crippen molar-refractivity contribution in [2.75, 3.05) is 12.3 Å². The Morgan fingerprint density at radius 2 is 1.90 bits per heavy atom. The molecule has 0 aliphatic rings. The highest BCUT2D eigenvalue weighted by Crippen LogP contribution is 2.22. The van der Waals surface area contributed by atoms with Crippen LogP contribution in [0.3, 0.4) is 0 Å². The summed E-state index contributed by atoms with van der Waals surface area (Å²) in [6.07, 6.45) is -5.12. The first-order valence-corrected chi connectivity index (χ1v) is 7.53. The van der Waals surface area contributed by atoms with Crippen molar-refractivity contribution in [1.29, 1.82) is 0 Å². The number of nitrogens with two attached hydrogens (primary N) is 1. The van der Waals surface area contributed by atoms with Gasteiger partial charge in [0.1, 0.15) is 4.90 Å². The zero-order chi connectivity index (χ0) is 15.4. The molecule has 0 amide bonds. The van der Waals surface area contributed by atoms with Crippen molar-refractivity contribution in [3.63, 3.8) is 0 Å². The summed E-state index contributed by atoms with van der Waals surface area (Å²) in [4.78, 5) is -0.0566. The lowest BCUT2D eigenvalue weighted by Crippen LogP contribution is -2.26. The quantitative estimate of drug-likeness (QED) is 0.626. The maximum Gasteiger partial charge on any atom is 0.389 e. The third kappa shape index (κ3) is 5.38. The average molecular weight is 310 g/mol. The van der Waals surface area contributed by atoms with Gasteiger partial charge in [-0.3, -0.25) is 0 Å². The van der Waals surface area contributed by atoms with Crippen LogP contribution < -0.4 is 10.5 Å². The molecule has 0 heterocycles. The molecule has 0 atom stereocenters. The maximum atomic E-state index is 11.9. The Labute approximate surface area is 116 Å². The topological polar surface area (TPSA) is 72.2 Å². The number of rotatable bonds is 6. The predicted molar refractivity (Wildman–Crippen MR) is 70.7 cm³/mol. The van der Waals surface area contributed by atoms with E-state index in [0.29, 0.717) is 0 Å². The minimum atomic E-state index is -4.21. The maximum absolute atomic E-state index is 11.9. The normalized spacial score (nSPS) is 12.6. The molecule has 114 valence electrons. The van der Waals surface area contributed by atoms with E-state index in [1.54, 1.807) is 13.0 Å². The number of alkyl halides is 3. The van der Waals surface area contributed by atoms with Crippen molar-refractivity contribution in [3.8, 4) is 0 Å². The van der Waals surface area contributed by atoms with Crippen molar-refractivity contribution in [2.45, 2.75) is 37.3 Å². The van der Waals surface area contributed by atoms with Gasteiger partial charge in [0.05, 0.1) is 5.69 Å². The number of hydrogen-bond acceptors (Lipinski definition) is 3. The van der Waals surface area contributed by atoms with Crippen LogP contribution in [0.5, 0.6) is 0 Å². The van der Waals surface area contributed by atoms with Crippen molar-refractivity contribution < 1.29 is 21.6 Å². The van der Waals surface area contributed by atoms with Gasteiger partial charge in [-0.1, -0.05) is 6.07 Å². The van der Waals surface area contributed by atoms with Gasteiger partial charge in [-0.15, -0.1) is 0 Å². The van der Waals surface area contributed by atoms with Crippen LogP contribution in [0.1, 0.15) is 24.8 Å². The lowest BCUT2D eigenvalue weighted by molar-refractivity contribution is -0.135. The van der Waals surface area contributed by atoms with E-state index >= 15 is 0 Å². The molecule has 8 heteroatoms. The van der Waals surface area contributed by atoms with Gasteiger partial charge in [0, 0.05) is 13.0 Å². The summed E-state index contributed by atoms with van der Waals surface area (Å²) < 4.78 is 61.8. The highest BCUT2D eigenvalue weighted by Gasteiger charge is 2.26. The number of aryl methyl sites for hydroxylation is 1. The lowest BCUT2D eigenvalue weighted by Gasteiger charge is -2.10. The van der Waals surface area contributed by atoms with Crippen LogP contribution in [0.25, 0.3) is 0 Å². The molecule has 0 unspecified atom stereocenters. The fourth-order valence-corrected chi connectivity index (χ4v) is 2.83. The number of halogens is 3. The molecule has 0 aliphatic carbocycles. The molecule has 0 fully saturated rings. The molecule has 3 N–H and O–H groups in total. The molecule has 0 saturated carbocycles. The third-order valence-electron chi connectivity index (χ3n) is 2.63. The Balaban J connectivity index is 2.54.